The van der Waals surface area contributed by atoms with Crippen LogP contribution in [0.3, 0.4) is 0 Å². The number of hydrogen-bond donors (Lipinski definition) is 2. The summed E-state index contributed by atoms with van der Waals surface area (Å²) in [6.07, 6.45) is 3.12. The fourth-order valence-electron chi connectivity index (χ4n) is 2.24. The van der Waals surface area contributed by atoms with E-state index in [4.69, 9.17) is 18.0 Å². The van der Waals surface area contributed by atoms with Crippen molar-refractivity contribution in [3.8, 4) is 0 Å². The van der Waals surface area contributed by atoms with Crippen LogP contribution in [0.2, 0.25) is 0 Å². The molecule has 110 valence electrons. The zero-order chi connectivity index (χ0) is 14.8. The number of aromatic nitrogens is 1. The van der Waals surface area contributed by atoms with Gasteiger partial charge in [0.2, 0.25) is 10.0 Å². The Hall–Kier alpha value is -1.09. The standard InChI is InChI=1S/C12H18N4O2S2/c1-16-6-2-3-9(8-16)15-20(17,18)10-4-5-11(12(13)19)14-7-10/h4-5,7,9,15H,2-3,6,8H2,1H3,(H2,13,19). The Morgan fingerprint density at radius 1 is 1.55 bits per heavy atom. The van der Waals surface area contributed by atoms with E-state index < -0.39 is 10.0 Å². The fourth-order valence-corrected chi connectivity index (χ4v) is 3.56. The highest BCUT2D eigenvalue weighted by Gasteiger charge is 2.24. The van der Waals surface area contributed by atoms with E-state index in [1.807, 2.05) is 7.05 Å². The van der Waals surface area contributed by atoms with Crippen molar-refractivity contribution in [3.05, 3.63) is 24.0 Å². The first-order valence-corrected chi connectivity index (χ1v) is 8.24. The van der Waals surface area contributed by atoms with Gasteiger partial charge in [0, 0.05) is 18.8 Å². The molecule has 3 N–H and O–H groups in total. The van der Waals surface area contributed by atoms with Crippen LogP contribution in [-0.2, 0) is 10.0 Å². The number of nitrogens with one attached hydrogen (secondary N) is 1. The van der Waals surface area contributed by atoms with E-state index in [9.17, 15) is 8.42 Å². The highest BCUT2D eigenvalue weighted by molar-refractivity contribution is 7.89. The van der Waals surface area contributed by atoms with Crippen LogP contribution >= 0.6 is 12.2 Å². The van der Waals surface area contributed by atoms with Gasteiger partial charge in [0.25, 0.3) is 0 Å². The van der Waals surface area contributed by atoms with E-state index in [1.165, 1.54) is 18.3 Å². The maximum absolute atomic E-state index is 12.3. The lowest BCUT2D eigenvalue weighted by atomic mass is 10.1. The number of thiocarbonyl (C=S) groups is 1. The average Bonchev–Trinajstić information content (AvgIpc) is 2.38. The second kappa shape index (κ2) is 6.13. The van der Waals surface area contributed by atoms with E-state index in [-0.39, 0.29) is 15.9 Å². The van der Waals surface area contributed by atoms with Gasteiger partial charge in [0.1, 0.15) is 9.88 Å². The third-order valence-corrected chi connectivity index (χ3v) is 4.96. The smallest absolute Gasteiger partial charge is 0.242 e. The molecule has 1 fully saturated rings. The van der Waals surface area contributed by atoms with E-state index in [1.54, 1.807) is 0 Å². The number of piperidine rings is 1. The molecule has 0 saturated carbocycles. The van der Waals surface area contributed by atoms with Gasteiger partial charge >= 0.3 is 0 Å². The van der Waals surface area contributed by atoms with Crippen molar-refractivity contribution in [2.24, 2.45) is 5.73 Å². The molecule has 1 saturated heterocycles. The summed E-state index contributed by atoms with van der Waals surface area (Å²) in [6.45, 7) is 1.72. The van der Waals surface area contributed by atoms with Crippen LogP contribution in [0.15, 0.2) is 23.2 Å². The summed E-state index contributed by atoms with van der Waals surface area (Å²) in [4.78, 5) is 6.35. The Bertz CT molecular complexity index is 586. The number of nitrogens with two attached hydrogens (primary N) is 1. The molecule has 0 radical (unpaired) electrons. The van der Waals surface area contributed by atoms with Gasteiger partial charge in [-0.15, -0.1) is 0 Å². The number of pyridine rings is 1. The molecule has 2 rings (SSSR count). The molecule has 0 aliphatic carbocycles. The fraction of sp³-hybridized carbons (Fsp3) is 0.500. The van der Waals surface area contributed by atoms with Crippen molar-refractivity contribution in [1.29, 1.82) is 0 Å². The average molecular weight is 314 g/mol. The molecule has 0 spiro atoms. The number of likely N-dealkylation sites (tertiary alicyclic amines) is 1. The summed E-state index contributed by atoms with van der Waals surface area (Å²) in [5.74, 6) is 0. The summed E-state index contributed by atoms with van der Waals surface area (Å²) in [6, 6.07) is 2.93. The van der Waals surface area contributed by atoms with Gasteiger partial charge in [-0.25, -0.2) is 13.1 Å². The Labute approximate surface area is 124 Å². The lowest BCUT2D eigenvalue weighted by Gasteiger charge is -2.29. The lowest BCUT2D eigenvalue weighted by molar-refractivity contribution is 0.242. The first-order chi connectivity index (χ1) is 9.38. The van der Waals surface area contributed by atoms with E-state index in [0.717, 1.165) is 25.9 Å². The zero-order valence-electron chi connectivity index (χ0n) is 11.2. The molecule has 20 heavy (non-hydrogen) atoms. The van der Waals surface area contributed by atoms with Gasteiger partial charge in [-0.2, -0.15) is 0 Å². The molecular weight excluding hydrogens is 296 g/mol. The van der Waals surface area contributed by atoms with Crippen molar-refractivity contribution < 1.29 is 8.42 Å². The van der Waals surface area contributed by atoms with Gasteiger partial charge in [-0.1, -0.05) is 12.2 Å². The maximum Gasteiger partial charge on any atom is 0.242 e. The predicted molar refractivity (Wildman–Crippen MR) is 81.0 cm³/mol. The third-order valence-electron chi connectivity index (χ3n) is 3.25. The molecule has 0 amide bonds. The van der Waals surface area contributed by atoms with Crippen LogP contribution in [-0.4, -0.2) is 49.5 Å². The topological polar surface area (TPSA) is 88.3 Å². The van der Waals surface area contributed by atoms with Gasteiger partial charge in [0.05, 0.1) is 5.69 Å². The molecule has 1 aromatic heterocycles. The predicted octanol–water partition coefficient (Wildman–Crippen LogP) is 0.0883. The Kier molecular flexibility index (Phi) is 4.69. The molecule has 1 aromatic rings. The summed E-state index contributed by atoms with van der Waals surface area (Å²) >= 11 is 4.79. The van der Waals surface area contributed by atoms with Crippen LogP contribution in [0.4, 0.5) is 0 Å². The minimum absolute atomic E-state index is 0.0611. The second-order valence-corrected chi connectivity index (χ2v) is 7.12. The maximum atomic E-state index is 12.3. The van der Waals surface area contributed by atoms with Crippen molar-refractivity contribution in [2.75, 3.05) is 20.1 Å². The highest BCUT2D eigenvalue weighted by Crippen LogP contribution is 2.13. The van der Waals surface area contributed by atoms with Crippen LogP contribution in [0, 0.1) is 0 Å². The number of likely N-dealkylation sites (N-methyl/N-ethyl adjacent to an activating group) is 1. The Balaban J connectivity index is 2.11. The van der Waals surface area contributed by atoms with E-state index in [0.29, 0.717) is 5.69 Å². The molecule has 1 aliphatic rings. The van der Waals surface area contributed by atoms with Gasteiger partial charge < -0.3 is 10.6 Å². The third kappa shape index (κ3) is 3.72. The second-order valence-electron chi connectivity index (χ2n) is 4.97. The number of sulfonamides is 1. The van der Waals surface area contributed by atoms with E-state index >= 15 is 0 Å². The molecule has 0 aromatic carbocycles. The molecule has 0 bridgehead atoms. The first-order valence-electron chi connectivity index (χ1n) is 6.35. The van der Waals surface area contributed by atoms with Gasteiger partial charge in [-0.05, 0) is 38.6 Å². The molecule has 8 heteroatoms. The summed E-state index contributed by atoms with van der Waals surface area (Å²) in [5.41, 5.74) is 5.85. The van der Waals surface area contributed by atoms with Crippen molar-refractivity contribution in [1.82, 2.24) is 14.6 Å². The summed E-state index contributed by atoms with van der Waals surface area (Å²) in [7, 11) is -1.56. The first kappa shape index (κ1) is 15.3. The van der Waals surface area contributed by atoms with Gasteiger partial charge in [0.15, 0.2) is 0 Å². The van der Waals surface area contributed by atoms with E-state index in [2.05, 4.69) is 14.6 Å². The Morgan fingerprint density at radius 3 is 2.85 bits per heavy atom. The van der Waals surface area contributed by atoms with Crippen molar-refractivity contribution in [3.63, 3.8) is 0 Å². The zero-order valence-corrected chi connectivity index (χ0v) is 12.9. The molecule has 2 heterocycles. The monoisotopic (exact) mass is 314 g/mol. The number of hydrogen-bond acceptors (Lipinski definition) is 5. The number of rotatable bonds is 4. The summed E-state index contributed by atoms with van der Waals surface area (Å²) in [5, 5.41) is 0. The molecule has 6 nitrogen and oxygen atoms in total. The van der Waals surface area contributed by atoms with Crippen LogP contribution < -0.4 is 10.5 Å². The van der Waals surface area contributed by atoms with Crippen molar-refractivity contribution in [2.45, 2.75) is 23.8 Å². The largest absolute Gasteiger partial charge is 0.388 e. The molecule has 1 atom stereocenters. The quantitative estimate of drug-likeness (QED) is 0.766. The van der Waals surface area contributed by atoms with Crippen LogP contribution in [0.25, 0.3) is 0 Å². The minimum atomic E-state index is -3.55. The lowest BCUT2D eigenvalue weighted by Crippen LogP contribution is -2.46. The van der Waals surface area contributed by atoms with Crippen LogP contribution in [0.1, 0.15) is 18.5 Å². The molecule has 1 unspecified atom stereocenters. The number of nitrogens with zero attached hydrogens (tertiary/aromatic N) is 2. The molecule has 1 aliphatic heterocycles. The Morgan fingerprint density at radius 2 is 2.30 bits per heavy atom. The van der Waals surface area contributed by atoms with Gasteiger partial charge in [-0.3, -0.25) is 4.98 Å². The summed E-state index contributed by atoms with van der Waals surface area (Å²) < 4.78 is 27.2. The van der Waals surface area contributed by atoms with Crippen molar-refractivity contribution >= 4 is 27.2 Å². The minimum Gasteiger partial charge on any atom is -0.388 e. The highest BCUT2D eigenvalue weighted by atomic mass is 32.2. The SMILES string of the molecule is CN1CCCC(NS(=O)(=O)c2ccc(C(N)=S)nc2)C1. The molecular formula is C12H18N4O2S2. The normalized spacial score (nSPS) is 20.8. The van der Waals surface area contributed by atoms with Crippen LogP contribution in [0.5, 0.6) is 0 Å².